The molecule has 15 heavy (non-hydrogen) atoms. The molecule has 0 aromatic heterocycles. The summed E-state index contributed by atoms with van der Waals surface area (Å²) in [6, 6.07) is 5.62. The normalized spacial score (nSPS) is 10.4. The van der Waals surface area contributed by atoms with Crippen molar-refractivity contribution < 1.29 is 10.0 Å². The van der Waals surface area contributed by atoms with Gasteiger partial charge in [0, 0.05) is 3.57 Å². The number of hydrogen-bond donors (Lipinski definition) is 2. The minimum Gasteiger partial charge on any atom is -0.423 e. The van der Waals surface area contributed by atoms with Gasteiger partial charge in [-0.05, 0) is 52.5 Å². The Bertz CT molecular complexity index is 315. The van der Waals surface area contributed by atoms with Crippen LogP contribution in [0.1, 0.15) is 31.7 Å². The van der Waals surface area contributed by atoms with Gasteiger partial charge in [0.1, 0.15) is 0 Å². The molecule has 0 radical (unpaired) electrons. The van der Waals surface area contributed by atoms with Gasteiger partial charge in [0.05, 0.1) is 0 Å². The lowest BCUT2D eigenvalue weighted by Gasteiger charge is -2.06. The van der Waals surface area contributed by atoms with Crippen LogP contribution >= 0.6 is 22.6 Å². The minimum absolute atomic E-state index is 0.568. The molecule has 0 spiro atoms. The average Bonchev–Trinajstić information content (AvgIpc) is 2.20. The van der Waals surface area contributed by atoms with Gasteiger partial charge in [-0.2, -0.15) is 0 Å². The zero-order chi connectivity index (χ0) is 11.3. The van der Waals surface area contributed by atoms with Gasteiger partial charge in [0.25, 0.3) is 0 Å². The maximum atomic E-state index is 9.01. The highest BCUT2D eigenvalue weighted by atomic mass is 127. The largest absolute Gasteiger partial charge is 0.488 e. The fraction of sp³-hybridized carbons (Fsp3) is 0.455. The number of benzene rings is 1. The molecule has 1 aromatic carbocycles. The summed E-state index contributed by atoms with van der Waals surface area (Å²) in [5.74, 6) is 0. The van der Waals surface area contributed by atoms with Crippen LogP contribution in [0.5, 0.6) is 0 Å². The summed E-state index contributed by atoms with van der Waals surface area (Å²) >= 11 is 2.25. The summed E-state index contributed by atoms with van der Waals surface area (Å²) in [5, 5.41) is 18.0. The van der Waals surface area contributed by atoms with Gasteiger partial charge in [0.2, 0.25) is 0 Å². The SMILES string of the molecule is CCCCCc1ccc(B(O)O)cc1I. The second kappa shape index (κ2) is 6.50. The first-order valence-electron chi connectivity index (χ1n) is 5.29. The molecule has 2 N–H and O–H groups in total. The van der Waals surface area contributed by atoms with E-state index in [-0.39, 0.29) is 0 Å². The number of halogens is 1. The van der Waals surface area contributed by atoms with E-state index in [2.05, 4.69) is 29.5 Å². The Morgan fingerprint density at radius 3 is 2.53 bits per heavy atom. The third-order valence-corrected chi connectivity index (χ3v) is 3.43. The highest BCUT2D eigenvalue weighted by Gasteiger charge is 2.11. The highest BCUT2D eigenvalue weighted by molar-refractivity contribution is 14.1. The second-order valence-electron chi connectivity index (χ2n) is 3.68. The number of hydrogen-bond acceptors (Lipinski definition) is 2. The lowest BCUT2D eigenvalue weighted by atomic mass is 9.80. The zero-order valence-electron chi connectivity index (χ0n) is 8.91. The summed E-state index contributed by atoms with van der Waals surface area (Å²) in [6.45, 7) is 2.19. The van der Waals surface area contributed by atoms with Crippen LogP contribution in [0.4, 0.5) is 0 Å². The molecule has 82 valence electrons. The first-order chi connectivity index (χ1) is 7.15. The third-order valence-electron chi connectivity index (χ3n) is 2.42. The van der Waals surface area contributed by atoms with Crippen molar-refractivity contribution in [1.29, 1.82) is 0 Å². The van der Waals surface area contributed by atoms with E-state index in [9.17, 15) is 0 Å². The van der Waals surface area contributed by atoms with E-state index in [1.807, 2.05) is 12.1 Å². The second-order valence-corrected chi connectivity index (χ2v) is 4.84. The molecule has 0 aliphatic rings. The van der Waals surface area contributed by atoms with Crippen LogP contribution in [0.15, 0.2) is 18.2 Å². The van der Waals surface area contributed by atoms with Gasteiger partial charge in [-0.25, -0.2) is 0 Å². The lowest BCUT2D eigenvalue weighted by molar-refractivity contribution is 0.425. The molecule has 1 aromatic rings. The summed E-state index contributed by atoms with van der Waals surface area (Å²) in [4.78, 5) is 0. The van der Waals surface area contributed by atoms with E-state index >= 15 is 0 Å². The first-order valence-corrected chi connectivity index (χ1v) is 6.37. The lowest BCUT2D eigenvalue weighted by Crippen LogP contribution is -2.30. The molecule has 0 atom stereocenters. The Hall–Kier alpha value is -0.0651. The van der Waals surface area contributed by atoms with Crippen LogP contribution < -0.4 is 5.46 Å². The molecular formula is C11H16BIO2. The van der Waals surface area contributed by atoms with E-state index in [0.29, 0.717) is 5.46 Å². The predicted molar refractivity (Wildman–Crippen MR) is 72.2 cm³/mol. The van der Waals surface area contributed by atoms with E-state index in [1.54, 1.807) is 6.07 Å². The van der Waals surface area contributed by atoms with Gasteiger partial charge >= 0.3 is 7.12 Å². The Labute approximate surface area is 105 Å². The van der Waals surface area contributed by atoms with Gasteiger partial charge in [0.15, 0.2) is 0 Å². The third kappa shape index (κ3) is 4.13. The summed E-state index contributed by atoms with van der Waals surface area (Å²) in [6.07, 6.45) is 4.76. The molecule has 0 aliphatic carbocycles. The van der Waals surface area contributed by atoms with Crippen LogP contribution in [0.2, 0.25) is 0 Å². The van der Waals surface area contributed by atoms with Gasteiger partial charge in [-0.15, -0.1) is 0 Å². The summed E-state index contributed by atoms with van der Waals surface area (Å²) in [7, 11) is -1.36. The Kier molecular flexibility index (Phi) is 5.64. The van der Waals surface area contributed by atoms with Crippen molar-refractivity contribution in [3.05, 3.63) is 27.3 Å². The standard InChI is InChI=1S/C11H16BIO2/c1-2-3-4-5-9-6-7-10(12(14)15)8-11(9)13/h6-8,14-15H,2-5H2,1H3. The van der Waals surface area contributed by atoms with Crippen molar-refractivity contribution in [3.63, 3.8) is 0 Å². The maximum Gasteiger partial charge on any atom is 0.488 e. The quantitative estimate of drug-likeness (QED) is 0.493. The Balaban J connectivity index is 2.66. The Morgan fingerprint density at radius 1 is 1.27 bits per heavy atom. The average molecular weight is 318 g/mol. The molecule has 0 bridgehead atoms. The molecule has 0 saturated heterocycles. The van der Waals surface area contributed by atoms with Crippen LogP contribution in [-0.4, -0.2) is 17.2 Å². The van der Waals surface area contributed by atoms with Gasteiger partial charge in [-0.3, -0.25) is 0 Å². The molecule has 0 aliphatic heterocycles. The van der Waals surface area contributed by atoms with Gasteiger partial charge in [-0.1, -0.05) is 31.9 Å². The molecular weight excluding hydrogens is 302 g/mol. The topological polar surface area (TPSA) is 40.5 Å². The van der Waals surface area contributed by atoms with Crippen molar-refractivity contribution in [1.82, 2.24) is 0 Å². The number of unbranched alkanes of at least 4 members (excludes halogenated alkanes) is 2. The van der Waals surface area contributed by atoms with Crippen LogP contribution in [0, 0.1) is 3.57 Å². The van der Waals surface area contributed by atoms with Crippen LogP contribution in [0.25, 0.3) is 0 Å². The molecule has 2 nitrogen and oxygen atoms in total. The molecule has 0 amide bonds. The molecule has 0 fully saturated rings. The molecule has 0 heterocycles. The van der Waals surface area contributed by atoms with E-state index in [0.717, 1.165) is 9.99 Å². The predicted octanol–water partition coefficient (Wildman–Crippen LogP) is 1.70. The van der Waals surface area contributed by atoms with E-state index < -0.39 is 7.12 Å². The van der Waals surface area contributed by atoms with Crippen molar-refractivity contribution >= 4 is 35.2 Å². The smallest absolute Gasteiger partial charge is 0.423 e. The maximum absolute atomic E-state index is 9.01. The van der Waals surface area contributed by atoms with Gasteiger partial charge < -0.3 is 10.0 Å². The van der Waals surface area contributed by atoms with Crippen LogP contribution in [0.3, 0.4) is 0 Å². The van der Waals surface area contributed by atoms with Crippen molar-refractivity contribution in [2.24, 2.45) is 0 Å². The number of rotatable bonds is 5. The summed E-state index contributed by atoms with van der Waals surface area (Å²) in [5.41, 5.74) is 1.87. The fourth-order valence-corrected chi connectivity index (χ4v) is 2.30. The van der Waals surface area contributed by atoms with Crippen molar-refractivity contribution in [3.8, 4) is 0 Å². The zero-order valence-corrected chi connectivity index (χ0v) is 11.1. The minimum atomic E-state index is -1.36. The van der Waals surface area contributed by atoms with E-state index in [1.165, 1.54) is 24.8 Å². The Morgan fingerprint density at radius 2 is 2.00 bits per heavy atom. The molecule has 0 unspecified atom stereocenters. The molecule has 1 rings (SSSR count). The van der Waals surface area contributed by atoms with Crippen molar-refractivity contribution in [2.75, 3.05) is 0 Å². The van der Waals surface area contributed by atoms with Crippen LogP contribution in [-0.2, 0) is 6.42 Å². The molecule has 4 heteroatoms. The monoisotopic (exact) mass is 318 g/mol. The first kappa shape index (κ1) is 13.0. The molecule has 0 saturated carbocycles. The summed E-state index contributed by atoms with van der Waals surface area (Å²) < 4.78 is 1.12. The highest BCUT2D eigenvalue weighted by Crippen LogP contribution is 2.14. The van der Waals surface area contributed by atoms with E-state index in [4.69, 9.17) is 10.0 Å². The van der Waals surface area contributed by atoms with Crippen molar-refractivity contribution in [2.45, 2.75) is 32.6 Å². The fourth-order valence-electron chi connectivity index (χ4n) is 1.49. The number of aryl methyl sites for hydroxylation is 1.